The molecule has 6 nitrogen and oxygen atoms in total. The van der Waals surface area contributed by atoms with Gasteiger partial charge in [0.15, 0.2) is 0 Å². The van der Waals surface area contributed by atoms with Gasteiger partial charge in [0.2, 0.25) is 5.57 Å². The Labute approximate surface area is 148 Å². The Morgan fingerprint density at radius 1 is 1.12 bits per heavy atom. The largest absolute Gasteiger partial charge is 0.480 e. The molecule has 1 aliphatic carbocycles. The van der Waals surface area contributed by atoms with E-state index in [0.29, 0.717) is 12.8 Å². The van der Waals surface area contributed by atoms with Crippen LogP contribution in [0.4, 0.5) is 5.69 Å². The summed E-state index contributed by atoms with van der Waals surface area (Å²) in [5.41, 5.74) is -0.473. The number of esters is 1. The van der Waals surface area contributed by atoms with Gasteiger partial charge < -0.3 is 19.9 Å². The maximum atomic E-state index is 12.3. The minimum Gasteiger partial charge on any atom is -0.480 e. The fourth-order valence-corrected chi connectivity index (χ4v) is 3.32. The van der Waals surface area contributed by atoms with Crippen LogP contribution in [-0.4, -0.2) is 22.8 Å². The van der Waals surface area contributed by atoms with Crippen LogP contribution in [0.15, 0.2) is 29.7 Å². The van der Waals surface area contributed by atoms with Crippen LogP contribution in [0.1, 0.15) is 32.1 Å². The van der Waals surface area contributed by atoms with Gasteiger partial charge in [0.1, 0.15) is 0 Å². The van der Waals surface area contributed by atoms with Crippen molar-refractivity contribution in [3.63, 3.8) is 0 Å². The number of aliphatic hydroxyl groups excluding tert-OH is 1. The maximum Gasteiger partial charge on any atom is 0.354 e. The zero-order valence-corrected chi connectivity index (χ0v) is 14.1. The van der Waals surface area contributed by atoms with E-state index < -0.39 is 29.2 Å². The summed E-state index contributed by atoms with van der Waals surface area (Å²) in [5.74, 6) is -3.75. The quantitative estimate of drug-likeness (QED) is 0.607. The number of amides is 1. The van der Waals surface area contributed by atoms with Crippen molar-refractivity contribution in [1.82, 2.24) is 0 Å². The van der Waals surface area contributed by atoms with E-state index >= 15 is 0 Å². The monoisotopic (exact) mass is 371 g/mol. The van der Waals surface area contributed by atoms with Crippen LogP contribution in [0.2, 0.25) is 10.0 Å². The first-order valence-electron chi connectivity index (χ1n) is 7.53. The second-order valence-electron chi connectivity index (χ2n) is 5.69. The molecule has 24 heavy (non-hydrogen) atoms. The standard InChI is InChI=1S/C16H15Cl2NO5/c17-9-5-4-6-10(18)12(9)19-13(20)11-14(21)23-16(24-15(11)22)7-2-1-3-8-16/h4-6,21H,1-3,7-8H2,(H,19,20). The first-order valence-corrected chi connectivity index (χ1v) is 8.28. The lowest BCUT2D eigenvalue weighted by Crippen LogP contribution is -2.45. The van der Waals surface area contributed by atoms with E-state index in [2.05, 4.69) is 5.32 Å². The summed E-state index contributed by atoms with van der Waals surface area (Å²) in [7, 11) is 0. The number of carbonyl (C=O) groups is 2. The van der Waals surface area contributed by atoms with Crippen molar-refractivity contribution >= 4 is 40.8 Å². The average molecular weight is 372 g/mol. The molecule has 0 saturated heterocycles. The molecule has 1 heterocycles. The Morgan fingerprint density at radius 2 is 1.75 bits per heavy atom. The third kappa shape index (κ3) is 3.16. The number of hydrogen-bond acceptors (Lipinski definition) is 5. The molecule has 0 bridgehead atoms. The lowest BCUT2D eigenvalue weighted by Gasteiger charge is -2.38. The van der Waals surface area contributed by atoms with Crippen molar-refractivity contribution in [2.24, 2.45) is 0 Å². The van der Waals surface area contributed by atoms with Gasteiger partial charge in [0, 0.05) is 12.8 Å². The van der Waals surface area contributed by atoms with E-state index in [1.165, 1.54) is 12.1 Å². The van der Waals surface area contributed by atoms with Crippen molar-refractivity contribution in [2.75, 3.05) is 5.32 Å². The van der Waals surface area contributed by atoms with Crippen molar-refractivity contribution in [1.29, 1.82) is 0 Å². The van der Waals surface area contributed by atoms with Crippen molar-refractivity contribution in [3.8, 4) is 0 Å². The van der Waals surface area contributed by atoms with Crippen molar-refractivity contribution in [3.05, 3.63) is 39.8 Å². The Bertz CT molecular complexity index is 705. The summed E-state index contributed by atoms with van der Waals surface area (Å²) < 4.78 is 10.7. The first kappa shape index (κ1) is 16.9. The van der Waals surface area contributed by atoms with Crippen LogP contribution in [-0.2, 0) is 19.1 Å². The van der Waals surface area contributed by atoms with Crippen LogP contribution < -0.4 is 5.32 Å². The zero-order valence-electron chi connectivity index (χ0n) is 12.6. The summed E-state index contributed by atoms with van der Waals surface area (Å²) in [5, 5.41) is 12.9. The van der Waals surface area contributed by atoms with Gasteiger partial charge >= 0.3 is 11.9 Å². The number of carbonyl (C=O) groups excluding carboxylic acids is 2. The molecule has 128 valence electrons. The smallest absolute Gasteiger partial charge is 0.354 e. The predicted octanol–water partition coefficient (Wildman–Crippen LogP) is 3.94. The van der Waals surface area contributed by atoms with Crippen LogP contribution in [0.3, 0.4) is 0 Å². The molecule has 1 saturated carbocycles. The molecule has 0 radical (unpaired) electrons. The normalized spacial score (nSPS) is 19.7. The van der Waals surface area contributed by atoms with Crippen LogP contribution >= 0.6 is 23.2 Å². The van der Waals surface area contributed by atoms with Crippen LogP contribution in [0.25, 0.3) is 0 Å². The second kappa shape index (κ2) is 6.53. The third-order valence-electron chi connectivity index (χ3n) is 4.02. The number of anilines is 1. The summed E-state index contributed by atoms with van der Waals surface area (Å²) in [6, 6.07) is 4.68. The minimum atomic E-state index is -1.18. The molecular formula is C16H15Cl2NO5. The van der Waals surface area contributed by atoms with E-state index in [9.17, 15) is 14.7 Å². The van der Waals surface area contributed by atoms with Crippen LogP contribution in [0.5, 0.6) is 0 Å². The molecular weight excluding hydrogens is 357 g/mol. The number of para-hydroxylation sites is 1. The molecule has 8 heteroatoms. The van der Waals surface area contributed by atoms with Gasteiger partial charge in [0.05, 0.1) is 15.7 Å². The lowest BCUT2D eigenvalue weighted by atomic mass is 9.93. The Kier molecular flexibility index (Phi) is 4.60. The van der Waals surface area contributed by atoms with E-state index in [1.54, 1.807) is 6.07 Å². The Hall–Kier alpha value is -1.92. The highest BCUT2D eigenvalue weighted by molar-refractivity contribution is 6.40. The van der Waals surface area contributed by atoms with E-state index in [1.807, 2.05) is 0 Å². The number of aliphatic hydroxyl groups is 1. The minimum absolute atomic E-state index is 0.136. The molecule has 2 N–H and O–H groups in total. The van der Waals surface area contributed by atoms with Gasteiger partial charge in [-0.25, -0.2) is 4.79 Å². The van der Waals surface area contributed by atoms with E-state index in [-0.39, 0.29) is 15.7 Å². The van der Waals surface area contributed by atoms with Crippen LogP contribution in [0, 0.1) is 0 Å². The molecule has 1 spiro atoms. The zero-order chi connectivity index (χ0) is 17.3. The topological polar surface area (TPSA) is 84.9 Å². The molecule has 2 aliphatic rings. The van der Waals surface area contributed by atoms with E-state index in [0.717, 1.165) is 19.3 Å². The molecule has 1 aromatic rings. The summed E-state index contributed by atoms with van der Waals surface area (Å²) in [4.78, 5) is 24.6. The number of rotatable bonds is 2. The summed E-state index contributed by atoms with van der Waals surface area (Å²) in [6.07, 6.45) is 3.60. The average Bonchev–Trinajstić information content (AvgIpc) is 2.51. The Balaban J connectivity index is 1.84. The predicted molar refractivity (Wildman–Crippen MR) is 87.7 cm³/mol. The van der Waals surface area contributed by atoms with E-state index in [4.69, 9.17) is 32.7 Å². The van der Waals surface area contributed by atoms with Crippen molar-refractivity contribution in [2.45, 2.75) is 37.9 Å². The molecule has 1 aromatic carbocycles. The first-order chi connectivity index (χ1) is 11.4. The van der Waals surface area contributed by atoms with Crippen molar-refractivity contribution < 1.29 is 24.2 Å². The highest BCUT2D eigenvalue weighted by Gasteiger charge is 2.46. The number of halogens is 2. The second-order valence-corrected chi connectivity index (χ2v) is 6.51. The molecule has 3 rings (SSSR count). The molecule has 0 unspecified atom stereocenters. The summed E-state index contributed by atoms with van der Waals surface area (Å²) >= 11 is 12.0. The SMILES string of the molecule is O=C(Nc1c(Cl)cccc1Cl)C1=C(O)OC2(CCCCC2)OC1=O. The molecule has 1 amide bonds. The van der Waals surface area contributed by atoms with Gasteiger partial charge in [0.25, 0.3) is 11.7 Å². The van der Waals surface area contributed by atoms with Gasteiger partial charge in [-0.05, 0) is 25.0 Å². The summed E-state index contributed by atoms with van der Waals surface area (Å²) in [6.45, 7) is 0. The highest BCUT2D eigenvalue weighted by atomic mass is 35.5. The lowest BCUT2D eigenvalue weighted by molar-refractivity contribution is -0.249. The molecule has 0 aromatic heterocycles. The highest BCUT2D eigenvalue weighted by Crippen LogP contribution is 2.38. The third-order valence-corrected chi connectivity index (χ3v) is 4.65. The number of ether oxygens (including phenoxy) is 2. The maximum absolute atomic E-state index is 12.3. The molecule has 1 fully saturated rings. The number of hydrogen-bond donors (Lipinski definition) is 2. The fourth-order valence-electron chi connectivity index (χ4n) is 2.83. The van der Waals surface area contributed by atoms with Gasteiger partial charge in [-0.2, -0.15) is 0 Å². The molecule has 1 aliphatic heterocycles. The number of nitrogens with one attached hydrogen (secondary N) is 1. The van der Waals surface area contributed by atoms with Gasteiger partial charge in [-0.15, -0.1) is 0 Å². The molecule has 0 atom stereocenters. The number of benzene rings is 1. The fraction of sp³-hybridized carbons (Fsp3) is 0.375. The Morgan fingerprint density at radius 3 is 2.33 bits per heavy atom. The van der Waals surface area contributed by atoms with Gasteiger partial charge in [-0.3, -0.25) is 4.79 Å². The van der Waals surface area contributed by atoms with Gasteiger partial charge in [-0.1, -0.05) is 35.7 Å².